The van der Waals surface area contributed by atoms with Crippen LogP contribution in [0.15, 0.2) is 0 Å². The molecule has 16 heavy (non-hydrogen) atoms. The third-order valence-corrected chi connectivity index (χ3v) is 4.15. The van der Waals surface area contributed by atoms with E-state index in [0.717, 1.165) is 0 Å². The molecule has 0 unspecified atom stereocenters. The molecule has 0 aromatic heterocycles. The van der Waals surface area contributed by atoms with Gasteiger partial charge in [-0.25, -0.2) is 0 Å². The van der Waals surface area contributed by atoms with Gasteiger partial charge in [0.15, 0.2) is 5.79 Å². The first-order valence-electron chi connectivity index (χ1n) is 5.66. The molecule has 0 aromatic carbocycles. The lowest BCUT2D eigenvalue weighted by Crippen LogP contribution is -2.55. The van der Waals surface area contributed by atoms with Gasteiger partial charge in [-0.1, -0.05) is 0 Å². The fraction of sp³-hybridized carbons (Fsp3) is 1.00. The molecule has 0 radical (unpaired) electrons. The van der Waals surface area contributed by atoms with Crippen LogP contribution in [0, 0.1) is 5.92 Å². The Labute approximate surface area is 94.3 Å². The maximum Gasteiger partial charge on any atom is 0.164 e. The van der Waals surface area contributed by atoms with Crippen molar-refractivity contribution in [1.82, 2.24) is 0 Å². The molecule has 5 nitrogen and oxygen atoms in total. The third kappa shape index (κ3) is 1.03. The second-order valence-corrected chi connectivity index (χ2v) is 5.69. The fourth-order valence-corrected chi connectivity index (χ4v) is 3.56. The Bertz CT molecular complexity index is 326. The molecule has 2 heterocycles. The van der Waals surface area contributed by atoms with Crippen molar-refractivity contribution in [2.75, 3.05) is 13.2 Å². The molecule has 2 aliphatic heterocycles. The van der Waals surface area contributed by atoms with Crippen molar-refractivity contribution < 1.29 is 24.4 Å². The zero-order valence-corrected chi connectivity index (χ0v) is 9.77. The predicted molar refractivity (Wildman–Crippen MR) is 53.7 cm³/mol. The lowest BCUT2D eigenvalue weighted by molar-refractivity contribution is -0.259. The van der Waals surface area contributed by atoms with Crippen molar-refractivity contribution in [2.24, 2.45) is 5.92 Å². The summed E-state index contributed by atoms with van der Waals surface area (Å²) in [5.41, 5.74) is -1.78. The Hall–Kier alpha value is -0.200. The van der Waals surface area contributed by atoms with E-state index in [9.17, 15) is 10.2 Å². The minimum absolute atomic E-state index is 0.122. The standard InChI is InChI=1S/C11H18O5/c1-9(2)15-8-7-10(3,13)6(4-12)11(8,16-9)5-14-7/h6-8,12-13H,4-5H2,1-3H3/t6-,7-,8-,10-,11-/m1/s1. The van der Waals surface area contributed by atoms with Crippen molar-refractivity contribution in [3.8, 4) is 0 Å². The summed E-state index contributed by atoms with van der Waals surface area (Å²) < 4.78 is 17.3. The average Bonchev–Trinajstić information content (AvgIpc) is 2.59. The molecule has 1 aliphatic carbocycles. The van der Waals surface area contributed by atoms with E-state index in [-0.39, 0.29) is 18.6 Å². The summed E-state index contributed by atoms with van der Waals surface area (Å²) in [5.74, 6) is -1.03. The van der Waals surface area contributed by atoms with Gasteiger partial charge < -0.3 is 24.4 Å². The topological polar surface area (TPSA) is 68.2 Å². The SMILES string of the molecule is CC1(C)O[C@@H]2[C@H]3OC[C@@]2(O1)[C@H](CO)[C@@]3(C)O. The van der Waals surface area contributed by atoms with E-state index in [2.05, 4.69) is 0 Å². The van der Waals surface area contributed by atoms with Gasteiger partial charge in [-0.3, -0.25) is 0 Å². The van der Waals surface area contributed by atoms with Gasteiger partial charge in [-0.2, -0.15) is 0 Å². The molecule has 92 valence electrons. The molecule has 0 amide bonds. The highest BCUT2D eigenvalue weighted by Gasteiger charge is 2.76. The van der Waals surface area contributed by atoms with E-state index in [4.69, 9.17) is 14.2 Å². The highest BCUT2D eigenvalue weighted by atomic mass is 16.8. The van der Waals surface area contributed by atoms with E-state index >= 15 is 0 Å². The third-order valence-electron chi connectivity index (χ3n) is 4.15. The lowest BCUT2D eigenvalue weighted by atomic mass is 9.83. The predicted octanol–water partition coefficient (Wildman–Crippen LogP) is -0.351. The van der Waals surface area contributed by atoms with Crippen LogP contribution >= 0.6 is 0 Å². The van der Waals surface area contributed by atoms with Crippen molar-refractivity contribution in [3.05, 3.63) is 0 Å². The maximum atomic E-state index is 10.4. The van der Waals surface area contributed by atoms with E-state index in [1.807, 2.05) is 13.8 Å². The Kier molecular flexibility index (Phi) is 1.90. The van der Waals surface area contributed by atoms with Crippen LogP contribution in [0.2, 0.25) is 0 Å². The Morgan fingerprint density at radius 1 is 1.25 bits per heavy atom. The van der Waals surface area contributed by atoms with Gasteiger partial charge in [0.25, 0.3) is 0 Å². The van der Waals surface area contributed by atoms with Gasteiger partial charge in [-0.05, 0) is 20.8 Å². The Morgan fingerprint density at radius 3 is 2.56 bits per heavy atom. The quantitative estimate of drug-likeness (QED) is 0.644. The van der Waals surface area contributed by atoms with Gasteiger partial charge in [0.1, 0.15) is 17.8 Å². The number of ether oxygens (including phenoxy) is 3. The first-order chi connectivity index (χ1) is 7.33. The number of rotatable bonds is 1. The summed E-state index contributed by atoms with van der Waals surface area (Å²) in [5, 5.41) is 19.9. The summed E-state index contributed by atoms with van der Waals surface area (Å²) >= 11 is 0. The van der Waals surface area contributed by atoms with E-state index in [0.29, 0.717) is 6.61 Å². The van der Waals surface area contributed by atoms with Crippen molar-refractivity contribution in [3.63, 3.8) is 0 Å². The first-order valence-corrected chi connectivity index (χ1v) is 5.66. The molecule has 5 heteroatoms. The zero-order valence-electron chi connectivity index (χ0n) is 9.77. The molecule has 2 bridgehead atoms. The van der Waals surface area contributed by atoms with Crippen molar-refractivity contribution >= 4 is 0 Å². The van der Waals surface area contributed by atoms with Gasteiger partial charge in [0, 0.05) is 5.92 Å². The molecule has 2 N–H and O–H groups in total. The van der Waals surface area contributed by atoms with Gasteiger partial charge >= 0.3 is 0 Å². The molecule has 5 atom stereocenters. The van der Waals surface area contributed by atoms with Crippen LogP contribution in [0.1, 0.15) is 20.8 Å². The summed E-state index contributed by atoms with van der Waals surface area (Å²) in [6.45, 7) is 5.63. The normalized spacial score (nSPS) is 57.9. The number of aliphatic hydroxyl groups is 2. The van der Waals surface area contributed by atoms with E-state index < -0.39 is 23.1 Å². The minimum atomic E-state index is -1.09. The number of hydrogen-bond acceptors (Lipinski definition) is 5. The molecule has 0 aromatic rings. The van der Waals surface area contributed by atoms with Crippen LogP contribution < -0.4 is 0 Å². The summed E-state index contributed by atoms with van der Waals surface area (Å²) in [6, 6.07) is 0. The van der Waals surface area contributed by atoms with Gasteiger partial charge in [-0.15, -0.1) is 0 Å². The first kappa shape index (κ1) is 10.9. The summed E-state index contributed by atoms with van der Waals surface area (Å²) in [7, 11) is 0. The van der Waals surface area contributed by atoms with Crippen LogP contribution in [0.25, 0.3) is 0 Å². The van der Waals surface area contributed by atoms with Crippen LogP contribution in [-0.4, -0.2) is 52.6 Å². The van der Waals surface area contributed by atoms with E-state index in [1.54, 1.807) is 6.92 Å². The highest BCUT2D eigenvalue weighted by Crippen LogP contribution is 2.58. The molecule has 1 saturated carbocycles. The molecule has 3 rings (SSSR count). The molecule has 2 saturated heterocycles. The van der Waals surface area contributed by atoms with E-state index in [1.165, 1.54) is 0 Å². The zero-order chi connectivity index (χ0) is 11.8. The molecule has 0 spiro atoms. The lowest BCUT2D eigenvalue weighted by Gasteiger charge is -2.41. The van der Waals surface area contributed by atoms with Crippen LogP contribution in [-0.2, 0) is 14.2 Å². The Balaban J connectivity index is 2.04. The highest BCUT2D eigenvalue weighted by molar-refractivity contribution is 5.23. The Morgan fingerprint density at radius 2 is 1.94 bits per heavy atom. The largest absolute Gasteiger partial charge is 0.396 e. The van der Waals surface area contributed by atoms with Crippen LogP contribution in [0.5, 0.6) is 0 Å². The van der Waals surface area contributed by atoms with Gasteiger partial charge in [0.2, 0.25) is 0 Å². The summed E-state index contributed by atoms with van der Waals surface area (Å²) in [6.07, 6.45) is -0.693. The molecular weight excluding hydrogens is 212 g/mol. The fourth-order valence-electron chi connectivity index (χ4n) is 3.56. The molecule has 3 fully saturated rings. The van der Waals surface area contributed by atoms with Gasteiger partial charge in [0.05, 0.1) is 18.8 Å². The number of hydrogen-bond donors (Lipinski definition) is 2. The maximum absolute atomic E-state index is 10.4. The van der Waals surface area contributed by atoms with Crippen LogP contribution in [0.3, 0.4) is 0 Å². The molecular formula is C11H18O5. The molecule has 3 aliphatic rings. The summed E-state index contributed by atoms with van der Waals surface area (Å²) in [4.78, 5) is 0. The monoisotopic (exact) mass is 230 g/mol. The number of aliphatic hydroxyl groups excluding tert-OH is 1. The second kappa shape index (κ2) is 2.79. The van der Waals surface area contributed by atoms with Crippen LogP contribution in [0.4, 0.5) is 0 Å². The average molecular weight is 230 g/mol. The smallest absolute Gasteiger partial charge is 0.164 e. The minimum Gasteiger partial charge on any atom is -0.396 e. The van der Waals surface area contributed by atoms with Crippen molar-refractivity contribution in [2.45, 2.75) is 50.0 Å². The second-order valence-electron chi connectivity index (χ2n) is 5.69. The van der Waals surface area contributed by atoms with Crippen molar-refractivity contribution in [1.29, 1.82) is 0 Å².